The summed E-state index contributed by atoms with van der Waals surface area (Å²) in [6.07, 6.45) is 21.5. The van der Waals surface area contributed by atoms with Crippen LogP contribution in [0.5, 0.6) is 5.75 Å². The number of hydrogen-bond donors (Lipinski definition) is 0. The maximum Gasteiger partial charge on any atom is 0.314 e. The van der Waals surface area contributed by atoms with Crippen molar-refractivity contribution in [1.82, 2.24) is 0 Å². The van der Waals surface area contributed by atoms with Gasteiger partial charge in [-0.15, -0.1) is 6.58 Å². The van der Waals surface area contributed by atoms with E-state index in [2.05, 4.69) is 25.6 Å². The van der Waals surface area contributed by atoms with Crippen molar-refractivity contribution in [2.24, 2.45) is 35.5 Å². The Bertz CT molecular complexity index is 743. The lowest BCUT2D eigenvalue weighted by Gasteiger charge is -2.45. The zero-order valence-corrected chi connectivity index (χ0v) is 21.0. The van der Waals surface area contributed by atoms with E-state index in [1.54, 1.807) is 0 Å². The Morgan fingerprint density at radius 3 is 2.24 bits per heavy atom. The lowest BCUT2D eigenvalue weighted by molar-refractivity contribution is -0.140. The largest absolute Gasteiger partial charge is 0.426 e. The SMILES string of the molecule is C=CCCc1ccc(OC(=O)C2CCC(C3CCC4CC(CCCC)CCC4C3)CC2)cc1. The van der Waals surface area contributed by atoms with Gasteiger partial charge >= 0.3 is 5.97 Å². The highest BCUT2D eigenvalue weighted by Gasteiger charge is 2.39. The number of fused-ring (bicyclic) bond motifs is 1. The van der Waals surface area contributed by atoms with Crippen LogP contribution in [0.1, 0.15) is 102 Å². The second-order valence-electron chi connectivity index (χ2n) is 11.4. The topological polar surface area (TPSA) is 26.3 Å². The molecule has 0 aromatic heterocycles. The van der Waals surface area contributed by atoms with Crippen LogP contribution < -0.4 is 4.74 Å². The average molecular weight is 451 g/mol. The molecule has 0 amide bonds. The normalized spacial score (nSPS) is 32.0. The van der Waals surface area contributed by atoms with Gasteiger partial charge in [-0.3, -0.25) is 4.79 Å². The van der Waals surface area contributed by atoms with Gasteiger partial charge in [0, 0.05) is 0 Å². The first-order valence-electron chi connectivity index (χ1n) is 14.1. The van der Waals surface area contributed by atoms with Gasteiger partial charge in [-0.25, -0.2) is 0 Å². The second kappa shape index (κ2) is 12.2. The number of carbonyl (C=O) groups excluding carboxylic acids is 1. The summed E-state index contributed by atoms with van der Waals surface area (Å²) >= 11 is 0. The van der Waals surface area contributed by atoms with Crippen molar-refractivity contribution >= 4 is 5.97 Å². The molecule has 0 N–H and O–H groups in total. The van der Waals surface area contributed by atoms with Crippen molar-refractivity contribution in [3.8, 4) is 5.75 Å². The fourth-order valence-corrected chi connectivity index (χ4v) is 7.22. The minimum atomic E-state index is -0.0126. The van der Waals surface area contributed by atoms with Crippen LogP contribution in [0.25, 0.3) is 0 Å². The van der Waals surface area contributed by atoms with E-state index in [9.17, 15) is 4.79 Å². The molecule has 3 fully saturated rings. The summed E-state index contributed by atoms with van der Waals surface area (Å²) in [5.41, 5.74) is 1.26. The van der Waals surface area contributed by atoms with Gasteiger partial charge in [-0.2, -0.15) is 0 Å². The molecular formula is C31H46O2. The fraction of sp³-hybridized carbons (Fsp3) is 0.710. The zero-order chi connectivity index (χ0) is 23.0. The number of benzene rings is 1. The third-order valence-corrected chi connectivity index (χ3v) is 9.28. The maximum atomic E-state index is 12.8. The van der Waals surface area contributed by atoms with Crippen molar-refractivity contribution in [2.75, 3.05) is 0 Å². The smallest absolute Gasteiger partial charge is 0.314 e. The summed E-state index contributed by atoms with van der Waals surface area (Å²) in [5.74, 6) is 5.57. The second-order valence-corrected chi connectivity index (χ2v) is 11.4. The molecule has 4 atom stereocenters. The maximum absolute atomic E-state index is 12.8. The molecule has 2 heteroatoms. The molecule has 3 aliphatic rings. The monoisotopic (exact) mass is 450 g/mol. The van der Waals surface area contributed by atoms with Gasteiger partial charge in [0.25, 0.3) is 0 Å². The summed E-state index contributed by atoms with van der Waals surface area (Å²) in [6, 6.07) is 8.02. The predicted octanol–water partition coefficient (Wildman–Crippen LogP) is 8.54. The highest BCUT2D eigenvalue weighted by atomic mass is 16.5. The summed E-state index contributed by atoms with van der Waals surface area (Å²) in [4.78, 5) is 12.8. The first kappa shape index (κ1) is 24.6. The van der Waals surface area contributed by atoms with Crippen LogP contribution >= 0.6 is 0 Å². The molecule has 33 heavy (non-hydrogen) atoms. The van der Waals surface area contributed by atoms with Gasteiger partial charge < -0.3 is 4.74 Å². The zero-order valence-electron chi connectivity index (χ0n) is 21.0. The van der Waals surface area contributed by atoms with Crippen LogP contribution in [-0.4, -0.2) is 5.97 Å². The fourth-order valence-electron chi connectivity index (χ4n) is 7.22. The van der Waals surface area contributed by atoms with E-state index in [1.807, 2.05) is 18.2 Å². The molecule has 0 bridgehead atoms. The van der Waals surface area contributed by atoms with Crippen molar-refractivity contribution in [3.63, 3.8) is 0 Å². The molecule has 1 aromatic carbocycles. The molecule has 0 heterocycles. The third-order valence-electron chi connectivity index (χ3n) is 9.28. The number of hydrogen-bond acceptors (Lipinski definition) is 2. The number of esters is 1. The van der Waals surface area contributed by atoms with Crippen LogP contribution in [0.2, 0.25) is 0 Å². The lowest BCUT2D eigenvalue weighted by atomic mass is 9.60. The highest BCUT2D eigenvalue weighted by molar-refractivity contribution is 5.75. The minimum Gasteiger partial charge on any atom is -0.426 e. The van der Waals surface area contributed by atoms with Crippen molar-refractivity contribution in [3.05, 3.63) is 42.5 Å². The Morgan fingerprint density at radius 1 is 0.909 bits per heavy atom. The Labute approximate surface area is 202 Å². The van der Waals surface area contributed by atoms with Gasteiger partial charge in [-0.1, -0.05) is 50.8 Å². The number of ether oxygens (including phenoxy) is 1. The number of allylic oxidation sites excluding steroid dienone is 1. The van der Waals surface area contributed by atoms with Crippen LogP contribution in [0, 0.1) is 35.5 Å². The predicted molar refractivity (Wildman–Crippen MR) is 137 cm³/mol. The van der Waals surface area contributed by atoms with Gasteiger partial charge in [-0.05, 0) is 118 Å². The quantitative estimate of drug-likeness (QED) is 0.214. The average Bonchev–Trinajstić information content (AvgIpc) is 2.86. The third kappa shape index (κ3) is 6.74. The number of unbranched alkanes of at least 4 members (excludes halogenated alkanes) is 1. The molecule has 0 saturated heterocycles. The summed E-state index contributed by atoms with van der Waals surface area (Å²) in [5, 5.41) is 0. The summed E-state index contributed by atoms with van der Waals surface area (Å²) < 4.78 is 5.74. The van der Waals surface area contributed by atoms with Crippen LogP contribution in [-0.2, 0) is 11.2 Å². The van der Waals surface area contributed by atoms with E-state index in [0.29, 0.717) is 5.75 Å². The number of carbonyl (C=O) groups is 1. The Balaban J connectivity index is 1.19. The van der Waals surface area contributed by atoms with Crippen LogP contribution in [0.15, 0.2) is 36.9 Å². The van der Waals surface area contributed by atoms with E-state index >= 15 is 0 Å². The molecule has 3 saturated carbocycles. The Hall–Kier alpha value is -1.57. The van der Waals surface area contributed by atoms with E-state index in [-0.39, 0.29) is 11.9 Å². The molecule has 3 aliphatic carbocycles. The summed E-state index contributed by atoms with van der Waals surface area (Å²) in [7, 11) is 0. The van der Waals surface area contributed by atoms with E-state index in [4.69, 9.17) is 4.74 Å². The molecule has 2 nitrogen and oxygen atoms in total. The molecule has 0 radical (unpaired) electrons. The number of aryl methyl sites for hydroxylation is 1. The molecule has 0 aliphatic heterocycles. The molecular weight excluding hydrogens is 404 g/mol. The van der Waals surface area contributed by atoms with Crippen LogP contribution in [0.4, 0.5) is 0 Å². The minimum absolute atomic E-state index is 0.0126. The van der Waals surface area contributed by atoms with E-state index in [1.165, 1.54) is 76.2 Å². The lowest BCUT2D eigenvalue weighted by Crippen LogP contribution is -2.35. The molecule has 1 aromatic rings. The molecule has 4 rings (SSSR count). The van der Waals surface area contributed by atoms with E-state index in [0.717, 1.165) is 55.3 Å². The first-order chi connectivity index (χ1) is 16.2. The molecule has 0 spiro atoms. The Kier molecular flexibility index (Phi) is 9.10. The standard InChI is InChI=1S/C31H46O2/c1-3-5-7-23-10-19-30(20-11-23)33-31(32)26-15-13-25(14-16-26)28-18-17-27-21-24(8-6-4-2)9-12-29(27)22-28/h3,10-11,19-20,24-29H,1,4-9,12-18,21-22H2,2H3. The van der Waals surface area contributed by atoms with Crippen molar-refractivity contribution in [1.29, 1.82) is 0 Å². The summed E-state index contributed by atoms with van der Waals surface area (Å²) in [6.45, 7) is 6.11. The van der Waals surface area contributed by atoms with Crippen molar-refractivity contribution in [2.45, 2.75) is 103 Å². The van der Waals surface area contributed by atoms with Crippen molar-refractivity contribution < 1.29 is 9.53 Å². The first-order valence-corrected chi connectivity index (χ1v) is 14.1. The Morgan fingerprint density at radius 2 is 1.55 bits per heavy atom. The van der Waals surface area contributed by atoms with E-state index < -0.39 is 0 Å². The van der Waals surface area contributed by atoms with Crippen LogP contribution in [0.3, 0.4) is 0 Å². The molecule has 182 valence electrons. The van der Waals surface area contributed by atoms with Gasteiger partial charge in [0.05, 0.1) is 5.92 Å². The molecule has 4 unspecified atom stereocenters. The van der Waals surface area contributed by atoms with Gasteiger partial charge in [0.15, 0.2) is 0 Å². The van der Waals surface area contributed by atoms with Gasteiger partial charge in [0.1, 0.15) is 5.75 Å². The van der Waals surface area contributed by atoms with Gasteiger partial charge in [0.2, 0.25) is 0 Å². The highest BCUT2D eigenvalue weighted by Crippen LogP contribution is 2.49. The number of rotatable bonds is 9.